The predicted octanol–water partition coefficient (Wildman–Crippen LogP) is 1.13. The van der Waals surface area contributed by atoms with Crippen LogP contribution in [0, 0.1) is 0 Å². The fourth-order valence-electron chi connectivity index (χ4n) is 2.74. The van der Waals surface area contributed by atoms with Gasteiger partial charge in [0.2, 0.25) is 5.88 Å². The van der Waals surface area contributed by atoms with Crippen molar-refractivity contribution in [3.63, 3.8) is 0 Å². The number of rotatable bonds is 8. The van der Waals surface area contributed by atoms with Gasteiger partial charge in [0.05, 0.1) is 19.8 Å². The van der Waals surface area contributed by atoms with Gasteiger partial charge in [-0.15, -0.1) is 0 Å². The highest BCUT2D eigenvalue weighted by atomic mass is 16.6. The standard InChI is InChI=1S/C18H29N5O4/c1-3-26-18(24)23-9-6-15(7-10-23)22-17(19)21-13-14-5-4-8-20-16(14)27-12-11-25-2/h4-5,8,15H,3,6-7,9-13H2,1-2H3,(H3,19,21,22). The van der Waals surface area contributed by atoms with Crippen LogP contribution in [0.2, 0.25) is 0 Å². The second-order valence-corrected chi connectivity index (χ2v) is 6.11. The zero-order valence-electron chi connectivity index (χ0n) is 16.0. The molecule has 2 heterocycles. The number of aromatic nitrogens is 1. The lowest BCUT2D eigenvalue weighted by atomic mass is 10.1. The lowest BCUT2D eigenvalue weighted by Gasteiger charge is -2.31. The molecule has 2 rings (SSSR count). The largest absolute Gasteiger partial charge is 0.475 e. The molecular weight excluding hydrogens is 350 g/mol. The lowest BCUT2D eigenvalue weighted by Crippen LogP contribution is -2.48. The van der Waals surface area contributed by atoms with E-state index in [1.54, 1.807) is 25.1 Å². The first-order chi connectivity index (χ1) is 13.1. The number of carbonyl (C=O) groups excluding carboxylic acids is 1. The number of ether oxygens (including phenoxy) is 3. The smallest absolute Gasteiger partial charge is 0.409 e. The molecule has 0 spiro atoms. The Labute approximate surface area is 159 Å². The predicted molar refractivity (Wildman–Crippen MR) is 102 cm³/mol. The van der Waals surface area contributed by atoms with E-state index in [1.165, 1.54) is 0 Å². The van der Waals surface area contributed by atoms with Crippen LogP contribution < -0.4 is 15.8 Å². The molecular formula is C18H29N5O4. The van der Waals surface area contributed by atoms with Gasteiger partial charge in [-0.3, -0.25) is 0 Å². The number of carbonyl (C=O) groups is 1. The molecule has 0 atom stereocenters. The Morgan fingerprint density at radius 1 is 1.41 bits per heavy atom. The number of guanidine groups is 1. The topological polar surface area (TPSA) is 111 Å². The molecule has 150 valence electrons. The summed E-state index contributed by atoms with van der Waals surface area (Å²) >= 11 is 0. The highest BCUT2D eigenvalue weighted by Gasteiger charge is 2.23. The molecule has 1 aromatic heterocycles. The Morgan fingerprint density at radius 3 is 2.89 bits per heavy atom. The Bertz CT molecular complexity index is 618. The summed E-state index contributed by atoms with van der Waals surface area (Å²) in [5.74, 6) is 0.908. The number of nitrogens with one attached hydrogen (secondary N) is 1. The van der Waals surface area contributed by atoms with E-state index in [0.29, 0.717) is 51.3 Å². The van der Waals surface area contributed by atoms with Gasteiger partial charge in [0.15, 0.2) is 5.96 Å². The SMILES string of the molecule is CCOC(=O)N1CCC(NC(N)=NCc2cccnc2OCCOC)CC1. The quantitative estimate of drug-likeness (QED) is 0.396. The fourth-order valence-corrected chi connectivity index (χ4v) is 2.74. The van der Waals surface area contributed by atoms with Crippen LogP contribution in [0.5, 0.6) is 5.88 Å². The number of amides is 1. The maximum atomic E-state index is 11.7. The van der Waals surface area contributed by atoms with Crippen molar-refractivity contribution in [1.82, 2.24) is 15.2 Å². The Hall–Kier alpha value is -2.55. The normalized spacial score (nSPS) is 15.5. The van der Waals surface area contributed by atoms with Crippen molar-refractivity contribution in [3.05, 3.63) is 23.9 Å². The van der Waals surface area contributed by atoms with Crippen LogP contribution in [0.1, 0.15) is 25.3 Å². The number of nitrogens with zero attached hydrogens (tertiary/aromatic N) is 3. The molecule has 1 saturated heterocycles. The summed E-state index contributed by atoms with van der Waals surface area (Å²) in [5, 5.41) is 3.22. The number of likely N-dealkylation sites (tertiary alicyclic amines) is 1. The molecule has 1 aliphatic heterocycles. The molecule has 0 aliphatic carbocycles. The van der Waals surface area contributed by atoms with E-state index < -0.39 is 0 Å². The summed E-state index contributed by atoms with van der Waals surface area (Å²) in [6.07, 6.45) is 3.02. The van der Waals surface area contributed by atoms with Crippen LogP contribution in [-0.4, -0.2) is 68.0 Å². The van der Waals surface area contributed by atoms with Crippen LogP contribution in [0.25, 0.3) is 0 Å². The Kier molecular flexibility index (Phi) is 8.63. The van der Waals surface area contributed by atoms with Crippen molar-refractivity contribution in [2.75, 3.05) is 40.0 Å². The minimum Gasteiger partial charge on any atom is -0.475 e. The number of aliphatic imine (C=N–C) groups is 1. The van der Waals surface area contributed by atoms with Crippen molar-refractivity contribution in [3.8, 4) is 5.88 Å². The molecule has 0 aromatic carbocycles. The van der Waals surface area contributed by atoms with Crippen LogP contribution in [0.3, 0.4) is 0 Å². The number of hydrogen-bond acceptors (Lipinski definition) is 6. The van der Waals surface area contributed by atoms with E-state index in [2.05, 4.69) is 15.3 Å². The van der Waals surface area contributed by atoms with Gasteiger partial charge in [-0.1, -0.05) is 6.07 Å². The molecule has 9 heteroatoms. The minimum absolute atomic E-state index is 0.186. The molecule has 27 heavy (non-hydrogen) atoms. The maximum absolute atomic E-state index is 11.7. The Balaban J connectivity index is 1.81. The van der Waals surface area contributed by atoms with Gasteiger partial charge in [-0.05, 0) is 25.8 Å². The first-order valence-electron chi connectivity index (χ1n) is 9.17. The van der Waals surface area contributed by atoms with Gasteiger partial charge < -0.3 is 30.2 Å². The number of pyridine rings is 1. The van der Waals surface area contributed by atoms with Crippen LogP contribution in [0.4, 0.5) is 4.79 Å². The summed E-state index contributed by atoms with van der Waals surface area (Å²) in [5.41, 5.74) is 6.88. The van der Waals surface area contributed by atoms with E-state index in [4.69, 9.17) is 19.9 Å². The monoisotopic (exact) mass is 379 g/mol. The third-order valence-electron chi connectivity index (χ3n) is 4.17. The third-order valence-corrected chi connectivity index (χ3v) is 4.17. The molecule has 0 radical (unpaired) electrons. The highest BCUT2D eigenvalue weighted by Crippen LogP contribution is 2.15. The first kappa shape index (κ1) is 20.8. The van der Waals surface area contributed by atoms with Crippen LogP contribution in [0.15, 0.2) is 23.3 Å². The van der Waals surface area contributed by atoms with Crippen LogP contribution in [-0.2, 0) is 16.0 Å². The van der Waals surface area contributed by atoms with Crippen molar-refractivity contribution < 1.29 is 19.0 Å². The summed E-state index contributed by atoms with van der Waals surface area (Å²) < 4.78 is 15.6. The van der Waals surface area contributed by atoms with E-state index in [0.717, 1.165) is 18.4 Å². The van der Waals surface area contributed by atoms with E-state index in [9.17, 15) is 4.79 Å². The van der Waals surface area contributed by atoms with Crippen molar-refractivity contribution in [1.29, 1.82) is 0 Å². The van der Waals surface area contributed by atoms with Crippen molar-refractivity contribution in [2.45, 2.75) is 32.4 Å². The molecule has 1 amide bonds. The van der Waals surface area contributed by atoms with E-state index in [1.807, 2.05) is 12.1 Å². The molecule has 0 saturated carbocycles. The molecule has 9 nitrogen and oxygen atoms in total. The molecule has 0 unspecified atom stereocenters. The molecule has 0 bridgehead atoms. The Morgan fingerprint density at radius 2 is 2.19 bits per heavy atom. The molecule has 3 N–H and O–H groups in total. The second-order valence-electron chi connectivity index (χ2n) is 6.11. The lowest BCUT2D eigenvalue weighted by molar-refractivity contribution is 0.0963. The number of nitrogens with two attached hydrogens (primary N) is 1. The van der Waals surface area contributed by atoms with Gasteiger partial charge in [0.25, 0.3) is 0 Å². The fraction of sp³-hybridized carbons (Fsp3) is 0.611. The van der Waals surface area contributed by atoms with Gasteiger partial charge in [-0.25, -0.2) is 14.8 Å². The highest BCUT2D eigenvalue weighted by molar-refractivity contribution is 5.78. The minimum atomic E-state index is -0.254. The molecule has 1 aliphatic rings. The van der Waals surface area contributed by atoms with Crippen molar-refractivity contribution in [2.24, 2.45) is 10.7 Å². The summed E-state index contributed by atoms with van der Waals surface area (Å²) in [7, 11) is 1.62. The summed E-state index contributed by atoms with van der Waals surface area (Å²) in [6, 6.07) is 3.93. The van der Waals surface area contributed by atoms with Gasteiger partial charge in [-0.2, -0.15) is 0 Å². The number of methoxy groups -OCH3 is 1. The average Bonchev–Trinajstić information content (AvgIpc) is 2.68. The zero-order valence-corrected chi connectivity index (χ0v) is 16.0. The summed E-state index contributed by atoms with van der Waals surface area (Å²) in [6.45, 7) is 4.77. The first-order valence-corrected chi connectivity index (χ1v) is 9.17. The van der Waals surface area contributed by atoms with Gasteiger partial charge >= 0.3 is 6.09 Å². The molecule has 1 fully saturated rings. The van der Waals surface area contributed by atoms with Gasteiger partial charge in [0.1, 0.15) is 6.61 Å². The maximum Gasteiger partial charge on any atom is 0.409 e. The van der Waals surface area contributed by atoms with Crippen LogP contribution >= 0.6 is 0 Å². The third kappa shape index (κ3) is 6.93. The zero-order chi connectivity index (χ0) is 19.5. The average molecular weight is 379 g/mol. The van der Waals surface area contributed by atoms with E-state index in [-0.39, 0.29) is 12.1 Å². The number of hydrogen-bond donors (Lipinski definition) is 2. The van der Waals surface area contributed by atoms with E-state index >= 15 is 0 Å². The van der Waals surface area contributed by atoms with Gasteiger partial charge in [0, 0.05) is 38.0 Å². The number of piperidine rings is 1. The molecule has 1 aromatic rings. The second kappa shape index (κ2) is 11.2. The van der Waals surface area contributed by atoms with Crippen molar-refractivity contribution >= 4 is 12.1 Å². The summed E-state index contributed by atoms with van der Waals surface area (Å²) in [4.78, 5) is 22.1.